The molecule has 0 atom stereocenters. The van der Waals surface area contributed by atoms with Gasteiger partial charge in [0.15, 0.2) is 10.3 Å². The second-order valence-corrected chi connectivity index (χ2v) is 4.62. The van der Waals surface area contributed by atoms with Gasteiger partial charge in [0.25, 0.3) is 5.56 Å². The maximum Gasteiger partial charge on any atom is 0.330 e. The van der Waals surface area contributed by atoms with Crippen molar-refractivity contribution in [3.05, 3.63) is 37.8 Å². The van der Waals surface area contributed by atoms with Gasteiger partial charge in [-0.15, -0.1) is 0 Å². The predicted octanol–water partition coefficient (Wildman–Crippen LogP) is 1.46. The minimum Gasteiger partial charge on any atom is -0.457 e. The number of nitrogens with one attached hydrogen (secondary N) is 2. The van der Waals surface area contributed by atoms with Crippen LogP contribution in [0.4, 0.5) is 0 Å². The Labute approximate surface area is 114 Å². The Kier molecular flexibility index (Phi) is 2.67. The van der Waals surface area contributed by atoms with Gasteiger partial charge in [-0.1, -0.05) is 0 Å². The van der Waals surface area contributed by atoms with Crippen molar-refractivity contribution in [2.75, 3.05) is 0 Å². The molecule has 0 bridgehead atoms. The molecule has 0 spiro atoms. The van der Waals surface area contributed by atoms with Crippen molar-refractivity contribution in [2.24, 2.45) is 0 Å². The van der Waals surface area contributed by atoms with Crippen LogP contribution in [0.1, 0.15) is 6.92 Å². The third-order valence-corrected chi connectivity index (χ3v) is 3.44. The molecule has 0 saturated carbocycles. The number of rotatable bonds is 2. The molecule has 0 amide bonds. The maximum atomic E-state index is 11.8. The highest BCUT2D eigenvalue weighted by Gasteiger charge is 2.15. The zero-order chi connectivity index (χ0) is 13.6. The zero-order valence-electron chi connectivity index (χ0n) is 9.86. The van der Waals surface area contributed by atoms with Gasteiger partial charge < -0.3 is 9.40 Å². The van der Waals surface area contributed by atoms with E-state index in [9.17, 15) is 9.59 Å². The summed E-state index contributed by atoms with van der Waals surface area (Å²) in [5, 5.41) is 0. The van der Waals surface area contributed by atoms with E-state index in [2.05, 4.69) is 30.9 Å². The molecule has 3 rings (SSSR count). The molecule has 0 aliphatic rings. The van der Waals surface area contributed by atoms with Crippen molar-refractivity contribution in [1.82, 2.24) is 19.5 Å². The first-order valence-electron chi connectivity index (χ1n) is 5.58. The molecule has 0 unspecified atom stereocenters. The van der Waals surface area contributed by atoms with E-state index in [-0.39, 0.29) is 5.52 Å². The van der Waals surface area contributed by atoms with E-state index in [1.165, 1.54) is 10.8 Å². The molecule has 19 heavy (non-hydrogen) atoms. The number of aryl methyl sites for hydroxylation is 1. The van der Waals surface area contributed by atoms with Crippen LogP contribution in [0.25, 0.3) is 22.6 Å². The summed E-state index contributed by atoms with van der Waals surface area (Å²) in [6.45, 7) is 2.23. The van der Waals surface area contributed by atoms with Crippen molar-refractivity contribution in [3.8, 4) is 11.4 Å². The number of halogens is 1. The number of H-pyrrole nitrogens is 2. The smallest absolute Gasteiger partial charge is 0.330 e. The van der Waals surface area contributed by atoms with Crippen LogP contribution in [0.5, 0.6) is 0 Å². The summed E-state index contributed by atoms with van der Waals surface area (Å²) in [5.74, 6) is 0.467. The summed E-state index contributed by atoms with van der Waals surface area (Å²) in [6, 6.07) is 1.71. The molecular formula is C11H9BrN4O3. The Morgan fingerprint density at radius 1 is 1.42 bits per heavy atom. The average molecular weight is 325 g/mol. The Morgan fingerprint density at radius 3 is 2.84 bits per heavy atom. The second-order valence-electron chi connectivity index (χ2n) is 3.90. The largest absolute Gasteiger partial charge is 0.457 e. The van der Waals surface area contributed by atoms with Crippen molar-refractivity contribution >= 4 is 27.1 Å². The number of aromatic nitrogens is 4. The van der Waals surface area contributed by atoms with Crippen LogP contribution >= 0.6 is 15.9 Å². The molecule has 0 fully saturated rings. The van der Waals surface area contributed by atoms with Crippen LogP contribution in [0.3, 0.4) is 0 Å². The minimum atomic E-state index is -0.483. The van der Waals surface area contributed by atoms with E-state index in [1.807, 2.05) is 0 Å². The molecule has 3 aromatic rings. The number of hydrogen-bond acceptors (Lipinski definition) is 4. The Bertz CT molecular complexity index is 870. The first-order valence-corrected chi connectivity index (χ1v) is 6.37. The standard InChI is InChI=1S/C11H9BrN4O3/c1-2-16-9-6(10(17)15-11(16)18)13-8(14-9)5-3-4-19-7(5)12/h3-4H,2H2,1H3,(H,13,14)(H,15,17,18). The first-order chi connectivity index (χ1) is 9.11. The number of hydrogen-bond donors (Lipinski definition) is 2. The lowest BCUT2D eigenvalue weighted by Gasteiger charge is -1.99. The van der Waals surface area contributed by atoms with Gasteiger partial charge in [0, 0.05) is 6.54 Å². The van der Waals surface area contributed by atoms with E-state index >= 15 is 0 Å². The number of nitrogens with zero attached hydrogens (tertiary/aromatic N) is 2. The van der Waals surface area contributed by atoms with Gasteiger partial charge in [-0.05, 0) is 28.9 Å². The molecule has 0 aliphatic carbocycles. The number of aromatic amines is 2. The van der Waals surface area contributed by atoms with Gasteiger partial charge in [-0.25, -0.2) is 9.78 Å². The lowest BCUT2D eigenvalue weighted by molar-refractivity contribution is 0.542. The molecule has 0 aromatic carbocycles. The normalized spacial score (nSPS) is 11.3. The molecule has 3 aromatic heterocycles. The summed E-state index contributed by atoms with van der Waals surface area (Å²) in [7, 11) is 0. The molecule has 7 nitrogen and oxygen atoms in total. The van der Waals surface area contributed by atoms with Gasteiger partial charge in [0.2, 0.25) is 0 Å². The third-order valence-electron chi connectivity index (χ3n) is 2.82. The van der Waals surface area contributed by atoms with Crippen LogP contribution in [0, 0.1) is 0 Å². The van der Waals surface area contributed by atoms with Crippen LogP contribution < -0.4 is 11.2 Å². The van der Waals surface area contributed by atoms with Crippen LogP contribution in [0.15, 0.2) is 31.0 Å². The SMILES string of the molecule is CCn1c(=O)[nH]c(=O)c2[nH]c(-c3ccoc3Br)nc21. The fourth-order valence-electron chi connectivity index (χ4n) is 1.92. The van der Waals surface area contributed by atoms with Gasteiger partial charge in [-0.2, -0.15) is 0 Å². The molecular weight excluding hydrogens is 316 g/mol. The van der Waals surface area contributed by atoms with E-state index in [4.69, 9.17) is 4.42 Å². The molecule has 0 saturated heterocycles. The van der Waals surface area contributed by atoms with Crippen molar-refractivity contribution in [1.29, 1.82) is 0 Å². The van der Waals surface area contributed by atoms with Crippen molar-refractivity contribution in [3.63, 3.8) is 0 Å². The Balaban J connectivity index is 2.38. The monoisotopic (exact) mass is 324 g/mol. The van der Waals surface area contributed by atoms with Gasteiger partial charge >= 0.3 is 5.69 Å². The molecule has 0 radical (unpaired) electrons. The van der Waals surface area contributed by atoms with Crippen molar-refractivity contribution in [2.45, 2.75) is 13.5 Å². The average Bonchev–Trinajstić information content (AvgIpc) is 2.95. The van der Waals surface area contributed by atoms with Gasteiger partial charge in [-0.3, -0.25) is 14.3 Å². The van der Waals surface area contributed by atoms with Crippen LogP contribution in [-0.2, 0) is 6.54 Å². The quantitative estimate of drug-likeness (QED) is 0.745. The minimum absolute atomic E-state index is 0.268. The zero-order valence-corrected chi connectivity index (χ0v) is 11.4. The maximum absolute atomic E-state index is 11.8. The number of imidazole rings is 1. The van der Waals surface area contributed by atoms with E-state index in [0.29, 0.717) is 28.2 Å². The fraction of sp³-hybridized carbons (Fsp3) is 0.182. The van der Waals surface area contributed by atoms with Gasteiger partial charge in [0.1, 0.15) is 11.3 Å². The Morgan fingerprint density at radius 2 is 2.21 bits per heavy atom. The summed E-state index contributed by atoms with van der Waals surface area (Å²) in [6.07, 6.45) is 1.50. The molecule has 2 N–H and O–H groups in total. The fourth-order valence-corrected chi connectivity index (χ4v) is 2.35. The molecule has 0 aliphatic heterocycles. The summed E-state index contributed by atoms with van der Waals surface area (Å²) >= 11 is 3.25. The predicted molar refractivity (Wildman–Crippen MR) is 72.1 cm³/mol. The first kappa shape index (κ1) is 12.0. The van der Waals surface area contributed by atoms with Crippen molar-refractivity contribution < 1.29 is 4.42 Å². The molecule has 3 heterocycles. The molecule has 98 valence electrons. The summed E-state index contributed by atoms with van der Waals surface area (Å²) in [4.78, 5) is 32.9. The lowest BCUT2D eigenvalue weighted by Crippen LogP contribution is -2.29. The van der Waals surface area contributed by atoms with Gasteiger partial charge in [0.05, 0.1) is 11.8 Å². The highest BCUT2D eigenvalue weighted by atomic mass is 79.9. The highest BCUT2D eigenvalue weighted by Crippen LogP contribution is 2.27. The highest BCUT2D eigenvalue weighted by molar-refractivity contribution is 9.10. The summed E-state index contributed by atoms with van der Waals surface area (Å²) in [5.41, 5.74) is 0.335. The Hall–Kier alpha value is -2.09. The topological polar surface area (TPSA) is 96.7 Å². The number of fused-ring (bicyclic) bond motifs is 1. The van der Waals surface area contributed by atoms with E-state index in [1.54, 1.807) is 13.0 Å². The molecule has 8 heteroatoms. The van der Waals surface area contributed by atoms with E-state index in [0.717, 1.165) is 0 Å². The number of furan rings is 1. The van der Waals surface area contributed by atoms with E-state index < -0.39 is 11.2 Å². The second kappa shape index (κ2) is 4.23. The lowest BCUT2D eigenvalue weighted by atomic mass is 10.3. The third kappa shape index (κ3) is 1.75. The van der Waals surface area contributed by atoms with Crippen LogP contribution in [0.2, 0.25) is 0 Å². The van der Waals surface area contributed by atoms with Crippen LogP contribution in [-0.4, -0.2) is 19.5 Å². The summed E-state index contributed by atoms with van der Waals surface area (Å²) < 4.78 is 7.03.